The van der Waals surface area contributed by atoms with Gasteiger partial charge in [-0.1, -0.05) is 6.42 Å². The SMILES string of the molecule is O=C(Cc1ccn(-c2ccc(F)cc2)n1)OC1CCCCC1. The van der Waals surface area contributed by atoms with Gasteiger partial charge in [-0.3, -0.25) is 4.79 Å². The third kappa shape index (κ3) is 3.72. The molecule has 0 saturated heterocycles. The summed E-state index contributed by atoms with van der Waals surface area (Å²) >= 11 is 0. The Kier molecular flexibility index (Phi) is 4.51. The number of carbonyl (C=O) groups is 1. The summed E-state index contributed by atoms with van der Waals surface area (Å²) in [6.07, 6.45) is 7.44. The van der Waals surface area contributed by atoms with Gasteiger partial charge in [0.05, 0.1) is 17.8 Å². The minimum absolute atomic E-state index is 0.0698. The highest BCUT2D eigenvalue weighted by atomic mass is 19.1. The molecule has 0 radical (unpaired) electrons. The predicted molar refractivity (Wildman–Crippen MR) is 80.2 cm³/mol. The van der Waals surface area contributed by atoms with Crippen LogP contribution in [0.2, 0.25) is 0 Å². The number of carbonyl (C=O) groups excluding carboxylic acids is 1. The molecule has 0 spiro atoms. The Labute approximate surface area is 128 Å². The van der Waals surface area contributed by atoms with E-state index < -0.39 is 0 Å². The summed E-state index contributed by atoms with van der Waals surface area (Å²) in [5.41, 5.74) is 1.42. The van der Waals surface area contributed by atoms with Crippen molar-refractivity contribution in [2.75, 3.05) is 0 Å². The number of benzene rings is 1. The van der Waals surface area contributed by atoms with Crippen molar-refractivity contribution in [3.8, 4) is 5.69 Å². The molecule has 1 aromatic carbocycles. The monoisotopic (exact) mass is 302 g/mol. The van der Waals surface area contributed by atoms with Crippen LogP contribution in [0.5, 0.6) is 0 Å². The third-order valence-corrected chi connectivity index (χ3v) is 3.91. The van der Waals surface area contributed by atoms with E-state index in [-0.39, 0.29) is 24.3 Å². The summed E-state index contributed by atoms with van der Waals surface area (Å²) in [5, 5.41) is 4.34. The van der Waals surface area contributed by atoms with E-state index in [2.05, 4.69) is 5.10 Å². The lowest BCUT2D eigenvalue weighted by molar-refractivity contribution is -0.149. The van der Waals surface area contributed by atoms with E-state index in [1.54, 1.807) is 29.1 Å². The minimum Gasteiger partial charge on any atom is -0.462 e. The maximum atomic E-state index is 12.9. The highest BCUT2D eigenvalue weighted by molar-refractivity contribution is 5.72. The van der Waals surface area contributed by atoms with Crippen LogP contribution in [0.1, 0.15) is 37.8 Å². The van der Waals surface area contributed by atoms with Crippen molar-refractivity contribution in [3.63, 3.8) is 0 Å². The van der Waals surface area contributed by atoms with Gasteiger partial charge in [0, 0.05) is 6.20 Å². The van der Waals surface area contributed by atoms with E-state index in [1.165, 1.54) is 18.6 Å². The summed E-state index contributed by atoms with van der Waals surface area (Å²) in [6.45, 7) is 0. The van der Waals surface area contributed by atoms with Gasteiger partial charge in [-0.2, -0.15) is 5.10 Å². The van der Waals surface area contributed by atoms with Gasteiger partial charge in [0.15, 0.2) is 0 Å². The highest BCUT2D eigenvalue weighted by Gasteiger charge is 2.18. The van der Waals surface area contributed by atoms with Crippen LogP contribution < -0.4 is 0 Å². The lowest BCUT2D eigenvalue weighted by Crippen LogP contribution is -2.22. The fraction of sp³-hybridized carbons (Fsp3) is 0.412. The molecule has 3 rings (SSSR count). The Morgan fingerprint density at radius 3 is 2.64 bits per heavy atom. The zero-order valence-electron chi connectivity index (χ0n) is 12.4. The second-order valence-electron chi connectivity index (χ2n) is 5.65. The molecule has 2 aromatic rings. The van der Waals surface area contributed by atoms with E-state index >= 15 is 0 Å². The predicted octanol–water partition coefficient (Wildman–Crippen LogP) is 3.43. The number of nitrogens with zero attached hydrogens (tertiary/aromatic N) is 2. The molecule has 0 atom stereocenters. The third-order valence-electron chi connectivity index (χ3n) is 3.91. The quantitative estimate of drug-likeness (QED) is 0.813. The minimum atomic E-state index is -0.285. The van der Waals surface area contributed by atoms with Crippen molar-refractivity contribution in [2.45, 2.75) is 44.6 Å². The molecule has 1 aromatic heterocycles. The molecule has 4 nitrogen and oxygen atoms in total. The van der Waals surface area contributed by atoms with Gasteiger partial charge >= 0.3 is 5.97 Å². The van der Waals surface area contributed by atoms with Crippen LogP contribution >= 0.6 is 0 Å². The number of rotatable bonds is 4. The van der Waals surface area contributed by atoms with Gasteiger partial charge in [0.2, 0.25) is 0 Å². The van der Waals surface area contributed by atoms with Crippen molar-refractivity contribution in [3.05, 3.63) is 48.0 Å². The number of hydrogen-bond acceptors (Lipinski definition) is 3. The van der Waals surface area contributed by atoms with Crippen LogP contribution in [-0.2, 0) is 16.0 Å². The molecule has 0 aliphatic heterocycles. The first-order valence-electron chi connectivity index (χ1n) is 7.71. The van der Waals surface area contributed by atoms with Crippen molar-refractivity contribution < 1.29 is 13.9 Å². The van der Waals surface area contributed by atoms with Crippen molar-refractivity contribution >= 4 is 5.97 Å². The molecule has 1 saturated carbocycles. The van der Waals surface area contributed by atoms with E-state index in [4.69, 9.17) is 4.74 Å². The lowest BCUT2D eigenvalue weighted by Gasteiger charge is -2.21. The van der Waals surface area contributed by atoms with Gasteiger partial charge in [-0.25, -0.2) is 9.07 Å². The van der Waals surface area contributed by atoms with E-state index in [1.807, 2.05) is 0 Å². The van der Waals surface area contributed by atoms with Crippen LogP contribution in [0.3, 0.4) is 0 Å². The molecule has 1 aliphatic rings. The van der Waals surface area contributed by atoms with Gasteiger partial charge in [0.25, 0.3) is 0 Å². The Balaban J connectivity index is 1.59. The molecule has 116 valence electrons. The Morgan fingerprint density at radius 2 is 1.91 bits per heavy atom. The average molecular weight is 302 g/mol. The van der Waals surface area contributed by atoms with Gasteiger partial charge in [-0.15, -0.1) is 0 Å². The van der Waals surface area contributed by atoms with Crippen molar-refractivity contribution in [1.82, 2.24) is 9.78 Å². The summed E-state index contributed by atoms with van der Waals surface area (Å²) in [5.74, 6) is -0.511. The zero-order chi connectivity index (χ0) is 15.4. The summed E-state index contributed by atoms with van der Waals surface area (Å²) in [7, 11) is 0. The first-order chi connectivity index (χ1) is 10.7. The van der Waals surface area contributed by atoms with Crippen LogP contribution in [0.4, 0.5) is 4.39 Å². The molecule has 1 heterocycles. The summed E-state index contributed by atoms with van der Waals surface area (Å²) in [4.78, 5) is 12.0. The molecule has 1 fully saturated rings. The number of aromatic nitrogens is 2. The highest BCUT2D eigenvalue weighted by Crippen LogP contribution is 2.20. The second kappa shape index (κ2) is 6.73. The fourth-order valence-electron chi connectivity index (χ4n) is 2.75. The topological polar surface area (TPSA) is 44.1 Å². The molecule has 5 heteroatoms. The molecule has 0 amide bonds. The second-order valence-corrected chi connectivity index (χ2v) is 5.65. The van der Waals surface area contributed by atoms with Crippen molar-refractivity contribution in [1.29, 1.82) is 0 Å². The van der Waals surface area contributed by atoms with Crippen molar-refractivity contribution in [2.24, 2.45) is 0 Å². The maximum Gasteiger partial charge on any atom is 0.312 e. The summed E-state index contributed by atoms with van der Waals surface area (Å²) in [6, 6.07) is 7.84. The largest absolute Gasteiger partial charge is 0.462 e. The van der Waals surface area contributed by atoms with Gasteiger partial charge in [0.1, 0.15) is 11.9 Å². The first-order valence-corrected chi connectivity index (χ1v) is 7.71. The van der Waals surface area contributed by atoms with Gasteiger partial charge < -0.3 is 4.74 Å². The Bertz CT molecular complexity index is 630. The van der Waals surface area contributed by atoms with E-state index in [0.717, 1.165) is 31.4 Å². The number of ether oxygens (including phenoxy) is 1. The normalized spacial score (nSPS) is 15.7. The van der Waals surface area contributed by atoms with Crippen LogP contribution in [-0.4, -0.2) is 21.9 Å². The molecule has 22 heavy (non-hydrogen) atoms. The first kappa shape index (κ1) is 14.8. The Morgan fingerprint density at radius 1 is 1.18 bits per heavy atom. The number of hydrogen-bond donors (Lipinski definition) is 0. The zero-order valence-corrected chi connectivity index (χ0v) is 12.4. The van der Waals surface area contributed by atoms with E-state index in [9.17, 15) is 9.18 Å². The molecular formula is C17H19FN2O2. The number of halogens is 1. The van der Waals surface area contributed by atoms with Gasteiger partial charge in [-0.05, 0) is 56.0 Å². The van der Waals surface area contributed by atoms with E-state index in [0.29, 0.717) is 5.69 Å². The molecule has 1 aliphatic carbocycles. The average Bonchev–Trinajstić information content (AvgIpc) is 2.97. The van der Waals surface area contributed by atoms with Crippen LogP contribution in [0.25, 0.3) is 5.69 Å². The molecular weight excluding hydrogens is 283 g/mol. The molecule has 0 N–H and O–H groups in total. The standard InChI is InChI=1S/C17H19FN2O2/c18-13-6-8-15(9-7-13)20-11-10-14(19-20)12-17(21)22-16-4-2-1-3-5-16/h6-11,16H,1-5,12H2. The number of esters is 1. The smallest absolute Gasteiger partial charge is 0.312 e. The fourth-order valence-corrected chi connectivity index (χ4v) is 2.75. The lowest BCUT2D eigenvalue weighted by atomic mass is 9.98. The molecule has 0 bridgehead atoms. The van der Waals surface area contributed by atoms with Crippen LogP contribution in [0, 0.1) is 5.82 Å². The molecule has 0 unspecified atom stereocenters. The Hall–Kier alpha value is -2.17. The summed E-state index contributed by atoms with van der Waals surface area (Å²) < 4.78 is 20.0. The maximum absolute atomic E-state index is 12.9. The van der Waals surface area contributed by atoms with Crippen LogP contribution in [0.15, 0.2) is 36.5 Å².